The van der Waals surface area contributed by atoms with Crippen LogP contribution < -0.4 is 4.74 Å². The van der Waals surface area contributed by atoms with Crippen LogP contribution in [0.5, 0.6) is 5.75 Å². The van der Waals surface area contributed by atoms with E-state index in [0.717, 1.165) is 12.8 Å². The van der Waals surface area contributed by atoms with Gasteiger partial charge < -0.3 is 9.84 Å². The summed E-state index contributed by atoms with van der Waals surface area (Å²) in [6, 6.07) is 3.41. The second-order valence-corrected chi connectivity index (χ2v) is 5.19. The molecule has 94 valence electrons. The first kappa shape index (κ1) is 13.0. The third kappa shape index (κ3) is 2.70. The van der Waals surface area contributed by atoms with E-state index < -0.39 is 6.10 Å². The van der Waals surface area contributed by atoms with Crippen LogP contribution in [-0.4, -0.2) is 11.7 Å². The predicted molar refractivity (Wildman–Crippen MR) is 69.9 cm³/mol. The van der Waals surface area contributed by atoms with Crippen LogP contribution in [0, 0.1) is 5.92 Å². The molecule has 1 atom stereocenters. The Morgan fingerprint density at radius 3 is 2.59 bits per heavy atom. The summed E-state index contributed by atoms with van der Waals surface area (Å²) in [5, 5.41) is 11.2. The topological polar surface area (TPSA) is 29.5 Å². The maximum atomic E-state index is 10.2. The lowest BCUT2D eigenvalue weighted by Gasteiger charge is -2.31. The maximum Gasteiger partial charge on any atom is 0.139 e. The van der Waals surface area contributed by atoms with Gasteiger partial charge in [0.25, 0.3) is 0 Å². The van der Waals surface area contributed by atoms with E-state index in [4.69, 9.17) is 27.9 Å². The van der Waals surface area contributed by atoms with E-state index in [1.165, 1.54) is 6.42 Å². The van der Waals surface area contributed by atoms with Crippen LogP contribution in [0.2, 0.25) is 10.0 Å². The minimum Gasteiger partial charge on any atom is -0.492 e. The number of aliphatic hydroxyl groups excluding tert-OH is 1. The fraction of sp³-hybridized carbons (Fsp3) is 0.538. The Hall–Kier alpha value is -0.440. The Bertz CT molecular complexity index is 403. The van der Waals surface area contributed by atoms with Crippen LogP contribution in [0.4, 0.5) is 0 Å². The summed E-state index contributed by atoms with van der Waals surface area (Å²) < 4.78 is 5.35. The molecule has 0 radical (unpaired) electrons. The van der Waals surface area contributed by atoms with E-state index in [0.29, 0.717) is 33.9 Å². The summed E-state index contributed by atoms with van der Waals surface area (Å²) in [5.41, 5.74) is 0.713. The van der Waals surface area contributed by atoms with E-state index in [1.54, 1.807) is 12.1 Å². The van der Waals surface area contributed by atoms with Crippen molar-refractivity contribution in [1.29, 1.82) is 0 Å². The van der Waals surface area contributed by atoms with Crippen molar-refractivity contribution in [3.8, 4) is 5.75 Å². The molecular weight excluding hydrogens is 259 g/mol. The molecule has 0 aliphatic heterocycles. The van der Waals surface area contributed by atoms with Gasteiger partial charge in [-0.15, -0.1) is 0 Å². The third-order valence-corrected chi connectivity index (χ3v) is 3.89. The van der Waals surface area contributed by atoms with Crippen molar-refractivity contribution in [2.45, 2.75) is 32.3 Å². The van der Waals surface area contributed by atoms with Crippen molar-refractivity contribution in [2.24, 2.45) is 5.92 Å². The minimum atomic E-state index is -0.510. The van der Waals surface area contributed by atoms with Crippen molar-refractivity contribution in [3.63, 3.8) is 0 Å². The van der Waals surface area contributed by atoms with Gasteiger partial charge >= 0.3 is 0 Å². The van der Waals surface area contributed by atoms with Gasteiger partial charge in [-0.3, -0.25) is 0 Å². The molecule has 1 aliphatic carbocycles. The lowest BCUT2D eigenvalue weighted by molar-refractivity contribution is 0.0621. The molecule has 1 unspecified atom stereocenters. The Balaban J connectivity index is 2.25. The van der Waals surface area contributed by atoms with Gasteiger partial charge in [0, 0.05) is 11.6 Å². The molecular formula is C13H16Cl2O2. The highest BCUT2D eigenvalue weighted by Crippen LogP contribution is 2.42. The summed E-state index contributed by atoms with van der Waals surface area (Å²) in [6.45, 7) is 2.43. The summed E-state index contributed by atoms with van der Waals surface area (Å²) in [4.78, 5) is 0. The van der Waals surface area contributed by atoms with E-state index in [9.17, 15) is 5.11 Å². The minimum absolute atomic E-state index is 0.321. The Labute approximate surface area is 111 Å². The summed E-state index contributed by atoms with van der Waals surface area (Å²) >= 11 is 12.3. The molecule has 2 nitrogen and oxygen atoms in total. The van der Waals surface area contributed by atoms with Crippen molar-refractivity contribution >= 4 is 23.2 Å². The van der Waals surface area contributed by atoms with Crippen LogP contribution >= 0.6 is 23.2 Å². The summed E-state index contributed by atoms with van der Waals surface area (Å²) in [7, 11) is 0. The van der Waals surface area contributed by atoms with Gasteiger partial charge in [-0.2, -0.15) is 0 Å². The second kappa shape index (κ2) is 5.47. The maximum absolute atomic E-state index is 10.2. The predicted octanol–water partition coefficient (Wildman–Crippen LogP) is 4.23. The van der Waals surface area contributed by atoms with Crippen LogP contribution in [0.1, 0.15) is 37.9 Å². The Morgan fingerprint density at radius 2 is 2.06 bits per heavy atom. The molecule has 2 rings (SSSR count). The SMILES string of the molecule is CCOc1cc(Cl)c(C(O)C2CCC2)cc1Cl. The molecule has 17 heavy (non-hydrogen) atoms. The summed E-state index contributed by atoms with van der Waals surface area (Å²) in [6.07, 6.45) is 2.79. The molecule has 4 heteroatoms. The van der Waals surface area contributed by atoms with Crippen LogP contribution in [0.15, 0.2) is 12.1 Å². The third-order valence-electron chi connectivity index (χ3n) is 3.27. The average Bonchev–Trinajstić information content (AvgIpc) is 2.20. The van der Waals surface area contributed by atoms with E-state index in [2.05, 4.69) is 0 Å². The number of aliphatic hydroxyl groups is 1. The van der Waals surface area contributed by atoms with Crippen molar-refractivity contribution in [1.82, 2.24) is 0 Å². The lowest BCUT2D eigenvalue weighted by atomic mass is 9.79. The highest BCUT2D eigenvalue weighted by atomic mass is 35.5. The zero-order chi connectivity index (χ0) is 12.4. The van der Waals surface area contributed by atoms with Crippen LogP contribution in [0.3, 0.4) is 0 Å². The highest BCUT2D eigenvalue weighted by Gasteiger charge is 2.28. The fourth-order valence-electron chi connectivity index (χ4n) is 2.05. The first-order valence-electron chi connectivity index (χ1n) is 5.93. The molecule has 1 N–H and O–H groups in total. The fourth-order valence-corrected chi connectivity index (χ4v) is 2.54. The lowest BCUT2D eigenvalue weighted by Crippen LogP contribution is -2.20. The number of benzene rings is 1. The number of halogens is 2. The monoisotopic (exact) mass is 274 g/mol. The Kier molecular flexibility index (Phi) is 4.18. The number of hydrogen-bond donors (Lipinski definition) is 1. The van der Waals surface area contributed by atoms with Gasteiger partial charge in [-0.05, 0) is 31.7 Å². The van der Waals surface area contributed by atoms with E-state index in [-0.39, 0.29) is 0 Å². The van der Waals surface area contributed by atoms with Gasteiger partial charge in [0.1, 0.15) is 5.75 Å². The van der Waals surface area contributed by atoms with Crippen LogP contribution in [-0.2, 0) is 0 Å². The van der Waals surface area contributed by atoms with E-state index >= 15 is 0 Å². The van der Waals surface area contributed by atoms with Gasteiger partial charge in [0.05, 0.1) is 22.8 Å². The van der Waals surface area contributed by atoms with Gasteiger partial charge in [-0.25, -0.2) is 0 Å². The molecule has 0 heterocycles. The Morgan fingerprint density at radius 1 is 1.35 bits per heavy atom. The van der Waals surface area contributed by atoms with Crippen molar-refractivity contribution in [2.75, 3.05) is 6.61 Å². The normalized spacial score (nSPS) is 17.6. The van der Waals surface area contributed by atoms with Crippen molar-refractivity contribution < 1.29 is 9.84 Å². The molecule has 0 aromatic heterocycles. The highest BCUT2D eigenvalue weighted by molar-refractivity contribution is 6.34. The molecule has 0 amide bonds. The molecule has 0 spiro atoms. The zero-order valence-electron chi connectivity index (χ0n) is 9.75. The number of ether oxygens (including phenoxy) is 1. The molecule has 0 saturated heterocycles. The number of hydrogen-bond acceptors (Lipinski definition) is 2. The van der Waals surface area contributed by atoms with Gasteiger partial charge in [-0.1, -0.05) is 29.6 Å². The molecule has 0 bridgehead atoms. The number of rotatable bonds is 4. The molecule has 1 saturated carbocycles. The van der Waals surface area contributed by atoms with Gasteiger partial charge in [0.2, 0.25) is 0 Å². The first-order valence-corrected chi connectivity index (χ1v) is 6.69. The van der Waals surface area contributed by atoms with E-state index in [1.807, 2.05) is 6.92 Å². The molecule has 1 aromatic carbocycles. The van der Waals surface area contributed by atoms with Gasteiger partial charge in [0.15, 0.2) is 0 Å². The molecule has 1 fully saturated rings. The largest absolute Gasteiger partial charge is 0.492 e. The van der Waals surface area contributed by atoms with Crippen molar-refractivity contribution in [3.05, 3.63) is 27.7 Å². The quantitative estimate of drug-likeness (QED) is 0.891. The molecule has 1 aliphatic rings. The van der Waals surface area contributed by atoms with Crippen LogP contribution in [0.25, 0.3) is 0 Å². The summed E-state index contributed by atoms with van der Waals surface area (Å²) in [5.74, 6) is 0.894. The first-order chi connectivity index (χ1) is 8.13. The molecule has 1 aromatic rings. The standard InChI is InChI=1S/C13H16Cl2O2/c1-2-17-12-7-10(14)9(6-11(12)15)13(16)8-4-3-5-8/h6-8,13,16H,2-5H2,1H3. The average molecular weight is 275 g/mol. The smallest absolute Gasteiger partial charge is 0.139 e. The second-order valence-electron chi connectivity index (χ2n) is 4.37. The zero-order valence-corrected chi connectivity index (χ0v) is 11.3.